The van der Waals surface area contributed by atoms with Crippen LogP contribution in [0.4, 0.5) is 0 Å². The fraction of sp³-hybridized carbons (Fsp3) is 0.500. The molecule has 1 aromatic carbocycles. The number of hydrogen-bond donors (Lipinski definition) is 1. The third-order valence-corrected chi connectivity index (χ3v) is 4.65. The van der Waals surface area contributed by atoms with Crippen LogP contribution >= 0.6 is 11.3 Å². The molecule has 0 radical (unpaired) electrons. The molecule has 1 fully saturated rings. The highest BCUT2D eigenvalue weighted by molar-refractivity contribution is 7.17. The van der Waals surface area contributed by atoms with E-state index in [0.29, 0.717) is 0 Å². The molecule has 1 saturated heterocycles. The van der Waals surface area contributed by atoms with E-state index in [1.165, 1.54) is 15.6 Å². The minimum absolute atomic E-state index is 0. The number of aliphatic hydroxyl groups excluding tert-OH is 1. The van der Waals surface area contributed by atoms with Gasteiger partial charge in [-0.15, -0.1) is 11.3 Å². The first kappa shape index (κ1) is 16.4. The fourth-order valence-corrected chi connectivity index (χ4v) is 3.35. The van der Waals surface area contributed by atoms with Crippen LogP contribution in [0.3, 0.4) is 0 Å². The van der Waals surface area contributed by atoms with Gasteiger partial charge in [0.1, 0.15) is 0 Å². The summed E-state index contributed by atoms with van der Waals surface area (Å²) < 4.78 is 7.04. The lowest BCUT2D eigenvalue weighted by Gasteiger charge is -2.35. The van der Waals surface area contributed by atoms with Gasteiger partial charge in [0.15, 0.2) is 0 Å². The van der Waals surface area contributed by atoms with E-state index in [9.17, 15) is 5.11 Å². The van der Waals surface area contributed by atoms with Crippen LogP contribution in [0.15, 0.2) is 29.6 Å². The molecule has 1 aliphatic heterocycles. The first-order valence-corrected chi connectivity index (χ1v) is 8.13. The van der Waals surface area contributed by atoms with Crippen molar-refractivity contribution >= 4 is 21.4 Å². The largest absolute Gasteiger partial charge is 0.412 e. The average molecular weight is 309 g/mol. The second-order valence-corrected chi connectivity index (χ2v) is 6.37. The third kappa shape index (κ3) is 4.49. The number of benzene rings is 1. The summed E-state index contributed by atoms with van der Waals surface area (Å²) in [7, 11) is 0. The van der Waals surface area contributed by atoms with Gasteiger partial charge in [0.25, 0.3) is 0 Å². The number of ether oxygens (including phenoxy) is 1. The summed E-state index contributed by atoms with van der Waals surface area (Å²) in [6, 6.07) is 8.83. The SMILES string of the molecule is O.OC1CN(CCCOCCc2ccc3sccc3c2)C1. The van der Waals surface area contributed by atoms with Gasteiger partial charge < -0.3 is 15.3 Å². The normalized spacial score (nSPS) is 15.9. The molecular weight excluding hydrogens is 286 g/mol. The molecule has 21 heavy (non-hydrogen) atoms. The van der Waals surface area contributed by atoms with Gasteiger partial charge in [-0.25, -0.2) is 0 Å². The Morgan fingerprint density at radius 3 is 2.90 bits per heavy atom. The van der Waals surface area contributed by atoms with Crippen LogP contribution in [0, 0.1) is 0 Å². The maximum absolute atomic E-state index is 9.17. The van der Waals surface area contributed by atoms with E-state index in [0.717, 1.165) is 45.7 Å². The highest BCUT2D eigenvalue weighted by Gasteiger charge is 2.22. The minimum Gasteiger partial charge on any atom is -0.412 e. The van der Waals surface area contributed by atoms with Crippen molar-refractivity contribution in [3.8, 4) is 0 Å². The van der Waals surface area contributed by atoms with E-state index < -0.39 is 0 Å². The van der Waals surface area contributed by atoms with Crippen molar-refractivity contribution in [1.29, 1.82) is 0 Å². The number of hydrogen-bond acceptors (Lipinski definition) is 4. The maximum Gasteiger partial charge on any atom is 0.0793 e. The van der Waals surface area contributed by atoms with Crippen molar-refractivity contribution in [2.75, 3.05) is 32.8 Å². The molecule has 116 valence electrons. The molecular formula is C16H23NO3S. The summed E-state index contributed by atoms with van der Waals surface area (Å²) in [5.41, 5.74) is 1.35. The average Bonchev–Trinajstić information content (AvgIpc) is 2.87. The molecule has 0 aliphatic carbocycles. The molecule has 3 rings (SSSR count). The van der Waals surface area contributed by atoms with Crippen molar-refractivity contribution in [1.82, 2.24) is 4.90 Å². The topological polar surface area (TPSA) is 64.2 Å². The fourth-order valence-electron chi connectivity index (χ4n) is 2.58. The Balaban J connectivity index is 0.00000161. The second-order valence-electron chi connectivity index (χ2n) is 5.42. The van der Waals surface area contributed by atoms with Crippen molar-refractivity contribution in [2.24, 2.45) is 0 Å². The van der Waals surface area contributed by atoms with Crippen molar-refractivity contribution in [3.63, 3.8) is 0 Å². The molecule has 1 aromatic heterocycles. The van der Waals surface area contributed by atoms with Crippen molar-refractivity contribution < 1.29 is 15.3 Å². The quantitative estimate of drug-likeness (QED) is 0.792. The van der Waals surface area contributed by atoms with Crippen LogP contribution in [0.5, 0.6) is 0 Å². The van der Waals surface area contributed by atoms with Crippen LogP contribution in [0.25, 0.3) is 10.1 Å². The van der Waals surface area contributed by atoms with Gasteiger partial charge in [-0.1, -0.05) is 12.1 Å². The highest BCUT2D eigenvalue weighted by Crippen LogP contribution is 2.21. The summed E-state index contributed by atoms with van der Waals surface area (Å²) in [5.74, 6) is 0. The molecule has 3 N–H and O–H groups in total. The molecule has 2 heterocycles. The van der Waals surface area contributed by atoms with Crippen LogP contribution in [-0.4, -0.2) is 54.4 Å². The van der Waals surface area contributed by atoms with Gasteiger partial charge in [-0.3, -0.25) is 4.90 Å². The standard InChI is InChI=1S/C16H21NO2S.H2O/c18-15-11-17(12-15)6-1-7-19-8-4-13-2-3-16-14(10-13)5-9-20-16;/h2-3,5,9-10,15,18H,1,4,6-8,11-12H2;1H2. The van der Waals surface area contributed by atoms with Gasteiger partial charge in [0, 0.05) is 30.9 Å². The zero-order valence-electron chi connectivity index (χ0n) is 12.1. The van der Waals surface area contributed by atoms with E-state index in [-0.39, 0.29) is 11.6 Å². The van der Waals surface area contributed by atoms with Gasteiger partial charge in [0.2, 0.25) is 0 Å². The summed E-state index contributed by atoms with van der Waals surface area (Å²) >= 11 is 1.79. The molecule has 0 unspecified atom stereocenters. The molecule has 0 atom stereocenters. The minimum atomic E-state index is -0.0945. The Hall–Kier alpha value is -0.980. The molecule has 0 amide bonds. The van der Waals surface area contributed by atoms with E-state index in [4.69, 9.17) is 4.74 Å². The van der Waals surface area contributed by atoms with Gasteiger partial charge >= 0.3 is 0 Å². The number of nitrogens with zero attached hydrogens (tertiary/aromatic N) is 1. The van der Waals surface area contributed by atoms with E-state index >= 15 is 0 Å². The molecule has 5 heteroatoms. The van der Waals surface area contributed by atoms with Gasteiger partial charge in [-0.2, -0.15) is 0 Å². The second kappa shape index (κ2) is 7.87. The Bertz CT molecular complexity index is 551. The molecule has 0 spiro atoms. The Morgan fingerprint density at radius 2 is 2.10 bits per heavy atom. The number of β-amino-alcohol motifs (C(OH)–C–C–N with tert-alkyl or cyclic N) is 1. The predicted molar refractivity (Wildman–Crippen MR) is 87.0 cm³/mol. The van der Waals surface area contributed by atoms with Crippen LogP contribution < -0.4 is 0 Å². The number of rotatable bonds is 7. The van der Waals surface area contributed by atoms with Crippen molar-refractivity contribution in [3.05, 3.63) is 35.2 Å². The number of likely N-dealkylation sites (tertiary alicyclic amines) is 1. The zero-order chi connectivity index (χ0) is 13.8. The molecule has 2 aromatic rings. The summed E-state index contributed by atoms with van der Waals surface area (Å²) in [5, 5.41) is 12.6. The Kier molecular flexibility index (Phi) is 6.14. The van der Waals surface area contributed by atoms with Gasteiger partial charge in [0.05, 0.1) is 12.7 Å². The number of aliphatic hydroxyl groups is 1. The summed E-state index contributed by atoms with van der Waals surface area (Å²) in [4.78, 5) is 2.26. The monoisotopic (exact) mass is 309 g/mol. The molecule has 0 saturated carbocycles. The number of fused-ring (bicyclic) bond motifs is 1. The van der Waals surface area contributed by atoms with E-state index in [1.807, 2.05) is 0 Å². The van der Waals surface area contributed by atoms with Gasteiger partial charge in [-0.05, 0) is 41.3 Å². The van der Waals surface area contributed by atoms with Crippen LogP contribution in [-0.2, 0) is 11.2 Å². The number of thiophene rings is 1. The summed E-state index contributed by atoms with van der Waals surface area (Å²) in [6.45, 7) is 4.31. The van der Waals surface area contributed by atoms with E-state index in [2.05, 4.69) is 34.5 Å². The van der Waals surface area contributed by atoms with E-state index in [1.54, 1.807) is 11.3 Å². The molecule has 0 bridgehead atoms. The Labute approximate surface area is 129 Å². The Morgan fingerprint density at radius 1 is 1.24 bits per heavy atom. The van der Waals surface area contributed by atoms with Crippen LogP contribution in [0.1, 0.15) is 12.0 Å². The lowest BCUT2D eigenvalue weighted by atomic mass is 10.1. The lowest BCUT2D eigenvalue weighted by Crippen LogP contribution is -2.50. The highest BCUT2D eigenvalue weighted by atomic mass is 32.1. The molecule has 1 aliphatic rings. The summed E-state index contributed by atoms with van der Waals surface area (Å²) in [6.07, 6.45) is 1.94. The van der Waals surface area contributed by atoms with Crippen LogP contribution in [0.2, 0.25) is 0 Å². The predicted octanol–water partition coefficient (Wildman–Crippen LogP) is 1.70. The lowest BCUT2D eigenvalue weighted by molar-refractivity contribution is -0.00305. The van der Waals surface area contributed by atoms with Crippen molar-refractivity contribution in [2.45, 2.75) is 18.9 Å². The zero-order valence-corrected chi connectivity index (χ0v) is 12.9. The third-order valence-electron chi connectivity index (χ3n) is 3.75. The molecule has 4 nitrogen and oxygen atoms in total. The maximum atomic E-state index is 9.17. The first-order valence-electron chi connectivity index (χ1n) is 7.25. The smallest absolute Gasteiger partial charge is 0.0793 e. The first-order chi connectivity index (χ1) is 9.81.